The minimum atomic E-state index is -0.492. The molecule has 0 bridgehead atoms. The number of oxazole rings is 1. The van der Waals surface area contributed by atoms with Gasteiger partial charge in [0.15, 0.2) is 5.58 Å². The zero-order valence-electron chi connectivity index (χ0n) is 19.4. The fourth-order valence-electron chi connectivity index (χ4n) is 3.45. The number of carbonyl (C=O) groups is 1. The predicted molar refractivity (Wildman–Crippen MR) is 123 cm³/mol. The Balaban J connectivity index is 0.00000162. The number of carbonyl (C=O) groups excluding carboxylic acids is 1. The molecular formula is C23H23N6NaO3. The van der Waals surface area contributed by atoms with Gasteiger partial charge in [-0.2, -0.15) is 4.98 Å². The Morgan fingerprint density at radius 2 is 1.88 bits per heavy atom. The Hall–Kier alpha value is -3.14. The van der Waals surface area contributed by atoms with Crippen LogP contribution in [0.4, 0.5) is 23.1 Å². The van der Waals surface area contributed by atoms with E-state index in [0.717, 1.165) is 29.8 Å². The molecule has 0 unspecified atom stereocenters. The maximum absolute atomic E-state index is 12.3. The van der Waals surface area contributed by atoms with Crippen LogP contribution in [0.15, 0.2) is 57.9 Å². The van der Waals surface area contributed by atoms with Crippen LogP contribution in [0.3, 0.4) is 0 Å². The van der Waals surface area contributed by atoms with Gasteiger partial charge in [0.2, 0.25) is 5.95 Å². The first kappa shape index (κ1) is 23.0. The first-order chi connectivity index (χ1) is 15.5. The number of hydrogen-bond donors (Lipinski definition) is 4. The van der Waals surface area contributed by atoms with Gasteiger partial charge in [0, 0.05) is 34.7 Å². The summed E-state index contributed by atoms with van der Waals surface area (Å²) < 4.78 is 5.03. The van der Waals surface area contributed by atoms with Crippen molar-refractivity contribution in [2.24, 2.45) is 0 Å². The third-order valence-corrected chi connectivity index (χ3v) is 5.50. The summed E-state index contributed by atoms with van der Waals surface area (Å²) in [4.78, 5) is 35.2. The number of aromatic amines is 1. The third-order valence-electron chi connectivity index (χ3n) is 5.50. The van der Waals surface area contributed by atoms with E-state index in [1.54, 1.807) is 36.5 Å². The summed E-state index contributed by atoms with van der Waals surface area (Å²) in [7, 11) is 0. The van der Waals surface area contributed by atoms with Crippen molar-refractivity contribution in [2.45, 2.75) is 32.2 Å². The van der Waals surface area contributed by atoms with E-state index in [2.05, 4.69) is 30.9 Å². The molecule has 10 heteroatoms. The normalized spacial score (nSPS) is 13.1. The molecule has 0 saturated heterocycles. The topological polar surface area (TPSA) is 125 Å². The fourth-order valence-corrected chi connectivity index (χ4v) is 3.45. The quantitative estimate of drug-likeness (QED) is 0.322. The summed E-state index contributed by atoms with van der Waals surface area (Å²) in [5.74, 6) is 0.510. The predicted octanol–water partition coefficient (Wildman–Crippen LogP) is 1.11. The van der Waals surface area contributed by atoms with Gasteiger partial charge in [0.25, 0.3) is 5.91 Å². The van der Waals surface area contributed by atoms with E-state index < -0.39 is 5.76 Å². The van der Waals surface area contributed by atoms with Crippen LogP contribution in [0.25, 0.3) is 11.1 Å². The van der Waals surface area contributed by atoms with Crippen molar-refractivity contribution in [3.8, 4) is 0 Å². The van der Waals surface area contributed by atoms with Gasteiger partial charge in [-0.3, -0.25) is 9.78 Å². The van der Waals surface area contributed by atoms with Crippen LogP contribution in [0, 0.1) is 6.92 Å². The Kier molecular flexibility index (Phi) is 6.83. The number of nitrogens with one attached hydrogen (secondary N) is 4. The van der Waals surface area contributed by atoms with Crippen LogP contribution < -0.4 is 51.3 Å². The molecule has 2 heterocycles. The number of H-pyrrole nitrogens is 1. The van der Waals surface area contributed by atoms with Crippen LogP contribution in [0.2, 0.25) is 0 Å². The molecule has 1 amide bonds. The Bertz CT molecular complexity index is 1350. The van der Waals surface area contributed by atoms with Crippen LogP contribution in [-0.2, 0) is 0 Å². The zero-order chi connectivity index (χ0) is 22.1. The molecule has 5 rings (SSSR count). The minimum absolute atomic E-state index is 0. The van der Waals surface area contributed by atoms with E-state index in [4.69, 9.17) is 4.42 Å². The molecule has 2 aromatic heterocycles. The molecule has 9 nitrogen and oxygen atoms in total. The van der Waals surface area contributed by atoms with E-state index in [0.29, 0.717) is 34.5 Å². The van der Waals surface area contributed by atoms with Crippen molar-refractivity contribution in [1.29, 1.82) is 0 Å². The maximum atomic E-state index is 12.3. The van der Waals surface area contributed by atoms with Gasteiger partial charge in [-0.1, -0.05) is 0 Å². The molecule has 0 aliphatic heterocycles. The summed E-state index contributed by atoms with van der Waals surface area (Å²) in [5, 5.41) is 9.44. The van der Waals surface area contributed by atoms with E-state index >= 15 is 0 Å². The van der Waals surface area contributed by atoms with E-state index in [9.17, 15) is 9.59 Å². The van der Waals surface area contributed by atoms with E-state index in [1.165, 1.54) is 6.42 Å². The van der Waals surface area contributed by atoms with Crippen molar-refractivity contribution in [1.82, 2.24) is 20.3 Å². The van der Waals surface area contributed by atoms with Crippen LogP contribution >= 0.6 is 0 Å². The van der Waals surface area contributed by atoms with Gasteiger partial charge >= 0.3 is 35.3 Å². The van der Waals surface area contributed by atoms with Gasteiger partial charge in [0.1, 0.15) is 5.82 Å². The van der Waals surface area contributed by atoms with Crippen LogP contribution in [0.1, 0.15) is 36.6 Å². The molecule has 4 aromatic rings. The summed E-state index contributed by atoms with van der Waals surface area (Å²) in [5.41, 5.74) is 4.11. The second kappa shape index (κ2) is 9.78. The molecule has 0 atom stereocenters. The number of hydrogen-bond acceptors (Lipinski definition) is 7. The Morgan fingerprint density at radius 1 is 1.12 bits per heavy atom. The van der Waals surface area contributed by atoms with Crippen LogP contribution in [0.5, 0.6) is 0 Å². The average molecular weight is 454 g/mol. The monoisotopic (exact) mass is 454 g/mol. The van der Waals surface area contributed by atoms with Crippen LogP contribution in [-0.4, -0.2) is 26.9 Å². The maximum Gasteiger partial charge on any atom is 1.00 e. The van der Waals surface area contributed by atoms with Crippen molar-refractivity contribution in [2.75, 3.05) is 10.6 Å². The largest absolute Gasteiger partial charge is 1.00 e. The number of nitrogens with zero attached hydrogens (tertiary/aromatic N) is 2. The SMILES string of the molecule is Cc1cnc(Nc2ccc(C(=O)NC3CCC3)cc2)nc1Nc1ccc2oc(=O)[nH]c2c1.[H-].[Na+]. The smallest absolute Gasteiger partial charge is 1.00 e. The molecule has 0 spiro atoms. The van der Waals surface area contributed by atoms with Gasteiger partial charge in [-0.25, -0.2) is 9.78 Å². The molecule has 4 N–H and O–H groups in total. The molecule has 1 saturated carbocycles. The van der Waals surface area contributed by atoms with E-state index in [1.807, 2.05) is 19.1 Å². The summed E-state index contributed by atoms with van der Waals surface area (Å²) >= 11 is 0. The molecular weight excluding hydrogens is 431 g/mol. The van der Waals surface area contributed by atoms with Gasteiger partial charge in [0.05, 0.1) is 5.52 Å². The van der Waals surface area contributed by atoms with Gasteiger partial charge < -0.3 is 21.8 Å². The summed E-state index contributed by atoms with van der Waals surface area (Å²) in [6, 6.07) is 12.8. The average Bonchev–Trinajstić information content (AvgIpc) is 3.13. The van der Waals surface area contributed by atoms with E-state index in [-0.39, 0.29) is 36.9 Å². The number of benzene rings is 2. The third kappa shape index (κ3) is 5.27. The summed E-state index contributed by atoms with van der Waals surface area (Å²) in [6.07, 6.45) is 5.01. The van der Waals surface area contributed by atoms with Gasteiger partial charge in [-0.05, 0) is 68.7 Å². The van der Waals surface area contributed by atoms with Crippen molar-refractivity contribution >= 4 is 40.1 Å². The van der Waals surface area contributed by atoms with Crippen molar-refractivity contribution in [3.63, 3.8) is 0 Å². The molecule has 1 aliphatic carbocycles. The molecule has 2 aromatic carbocycles. The fraction of sp³-hybridized carbons (Fsp3) is 0.217. The number of aryl methyl sites for hydroxylation is 1. The molecule has 1 aliphatic rings. The standard InChI is InChI=1S/C23H22N6O3.Na.H/c1-13-12-24-22(27-16-7-5-14(6-8-16)21(30)26-15-3-2-4-15)29-20(13)25-17-9-10-19-18(11-17)28-23(31)32-19;;/h5-12,15H,2-4H2,1H3,(H,26,30)(H,28,31)(H2,24,25,27,29);;/q;+1;-1. The first-order valence-electron chi connectivity index (χ1n) is 10.4. The second-order valence-corrected chi connectivity index (χ2v) is 7.88. The van der Waals surface area contributed by atoms with Crippen molar-refractivity contribution in [3.05, 3.63) is 70.3 Å². The number of amides is 1. The molecule has 33 heavy (non-hydrogen) atoms. The second-order valence-electron chi connectivity index (χ2n) is 7.88. The zero-order valence-corrected chi connectivity index (χ0v) is 20.4. The van der Waals surface area contributed by atoms with Crippen molar-refractivity contribution < 1.29 is 40.2 Å². The number of anilines is 4. The Labute approximate surface area is 213 Å². The summed E-state index contributed by atoms with van der Waals surface area (Å²) in [6.45, 7) is 1.90. The molecule has 0 radical (unpaired) electrons. The molecule has 1 fully saturated rings. The number of rotatable bonds is 6. The first-order valence-corrected chi connectivity index (χ1v) is 10.4. The minimum Gasteiger partial charge on any atom is -1.00 e. The Morgan fingerprint density at radius 3 is 2.61 bits per heavy atom. The number of fused-ring (bicyclic) bond motifs is 1. The van der Waals surface area contributed by atoms with Gasteiger partial charge in [-0.15, -0.1) is 0 Å². The number of aromatic nitrogens is 3. The molecule has 164 valence electrons.